The summed E-state index contributed by atoms with van der Waals surface area (Å²) in [6, 6.07) is -1.32. The third-order valence-corrected chi connectivity index (χ3v) is 1.97. The molecular weight excluding hydrogens is 266 g/mol. The average molecular weight is 286 g/mol. The zero-order valence-electron chi connectivity index (χ0n) is 11.9. The number of carbonyl (C=O) groups is 3. The van der Waals surface area contributed by atoms with Crippen LogP contribution in [0.4, 0.5) is 4.79 Å². The zero-order chi connectivity index (χ0) is 15.8. The first-order chi connectivity index (χ1) is 9.15. The fourth-order valence-corrected chi connectivity index (χ4v) is 1.18. The normalized spacial score (nSPS) is 12.2. The van der Waals surface area contributed by atoms with Crippen LogP contribution >= 0.6 is 0 Å². The van der Waals surface area contributed by atoms with Gasteiger partial charge in [-0.3, -0.25) is 4.79 Å². The molecule has 0 aromatic rings. The molecule has 0 unspecified atom stereocenters. The number of amides is 1. The van der Waals surface area contributed by atoms with Crippen LogP contribution < -0.4 is 10.4 Å². The van der Waals surface area contributed by atoms with Crippen molar-refractivity contribution in [2.75, 3.05) is 6.61 Å². The van der Waals surface area contributed by atoms with Crippen LogP contribution in [0, 0.1) is 0 Å². The van der Waals surface area contributed by atoms with Crippen LogP contribution in [0.15, 0.2) is 12.7 Å². The number of rotatable bonds is 7. The molecule has 0 spiro atoms. The minimum absolute atomic E-state index is 0.0499. The van der Waals surface area contributed by atoms with E-state index in [0.29, 0.717) is 0 Å². The molecule has 0 fully saturated rings. The Morgan fingerprint density at radius 2 is 1.95 bits per heavy atom. The van der Waals surface area contributed by atoms with E-state index < -0.39 is 29.7 Å². The fourth-order valence-electron chi connectivity index (χ4n) is 1.18. The molecule has 0 bridgehead atoms. The summed E-state index contributed by atoms with van der Waals surface area (Å²) in [6.07, 6.45) is 0.207. The van der Waals surface area contributed by atoms with E-state index >= 15 is 0 Å². The van der Waals surface area contributed by atoms with Crippen molar-refractivity contribution in [2.45, 2.75) is 45.3 Å². The SMILES string of the molecule is C=CCOC(=O)CC[C@@H](NC(=O)OC(C)(C)C)C(=O)[O-]. The molecule has 1 amide bonds. The Morgan fingerprint density at radius 1 is 1.35 bits per heavy atom. The van der Waals surface area contributed by atoms with Crippen molar-refractivity contribution >= 4 is 18.0 Å². The molecule has 1 N–H and O–H groups in total. The maximum atomic E-state index is 11.4. The van der Waals surface area contributed by atoms with Crippen LogP contribution in [-0.4, -0.2) is 36.3 Å². The van der Waals surface area contributed by atoms with Crippen molar-refractivity contribution in [2.24, 2.45) is 0 Å². The molecule has 0 radical (unpaired) electrons. The standard InChI is InChI=1S/C13H21NO6/c1-5-8-19-10(15)7-6-9(11(16)17)14-12(18)20-13(2,3)4/h5,9H,1,6-8H2,2-4H3,(H,14,18)(H,16,17)/p-1/t9-/m1/s1. The summed E-state index contributed by atoms with van der Waals surface area (Å²) in [6.45, 7) is 8.36. The number of carboxylic acids is 1. The Kier molecular flexibility index (Phi) is 7.35. The lowest BCUT2D eigenvalue weighted by molar-refractivity contribution is -0.308. The van der Waals surface area contributed by atoms with E-state index in [4.69, 9.17) is 9.47 Å². The van der Waals surface area contributed by atoms with E-state index in [9.17, 15) is 19.5 Å². The van der Waals surface area contributed by atoms with Gasteiger partial charge in [-0.1, -0.05) is 12.7 Å². The largest absolute Gasteiger partial charge is 0.548 e. The molecule has 7 nitrogen and oxygen atoms in total. The molecule has 7 heteroatoms. The summed E-state index contributed by atoms with van der Waals surface area (Å²) in [5.41, 5.74) is -0.747. The lowest BCUT2D eigenvalue weighted by Crippen LogP contribution is -2.49. The van der Waals surface area contributed by atoms with Crippen LogP contribution in [0.25, 0.3) is 0 Å². The first-order valence-electron chi connectivity index (χ1n) is 6.12. The molecule has 0 aromatic heterocycles. The maximum absolute atomic E-state index is 11.4. The van der Waals surface area contributed by atoms with E-state index in [1.165, 1.54) is 6.08 Å². The van der Waals surface area contributed by atoms with Gasteiger partial charge < -0.3 is 24.7 Å². The summed E-state index contributed by atoms with van der Waals surface area (Å²) in [7, 11) is 0. The van der Waals surface area contributed by atoms with E-state index in [1.54, 1.807) is 20.8 Å². The Morgan fingerprint density at radius 3 is 2.40 bits per heavy atom. The summed E-state index contributed by atoms with van der Waals surface area (Å²) in [5, 5.41) is 13.0. The second-order valence-electron chi connectivity index (χ2n) is 5.03. The second kappa shape index (κ2) is 8.19. The zero-order valence-corrected chi connectivity index (χ0v) is 11.9. The van der Waals surface area contributed by atoms with Crippen molar-refractivity contribution in [1.82, 2.24) is 5.32 Å². The van der Waals surface area contributed by atoms with Crippen molar-refractivity contribution in [3.8, 4) is 0 Å². The van der Waals surface area contributed by atoms with Gasteiger partial charge in [0.1, 0.15) is 12.2 Å². The van der Waals surface area contributed by atoms with E-state index in [2.05, 4.69) is 11.9 Å². The number of carboxylic acid groups (broad SMARTS) is 1. The molecule has 114 valence electrons. The van der Waals surface area contributed by atoms with Gasteiger partial charge in [0.15, 0.2) is 0 Å². The van der Waals surface area contributed by atoms with Gasteiger partial charge in [-0.05, 0) is 27.2 Å². The number of alkyl carbamates (subject to hydrolysis) is 1. The molecule has 20 heavy (non-hydrogen) atoms. The number of nitrogens with one attached hydrogen (secondary N) is 1. The summed E-state index contributed by atoms with van der Waals surface area (Å²) >= 11 is 0. The van der Waals surface area contributed by atoms with Crippen molar-refractivity contribution in [3.63, 3.8) is 0 Å². The van der Waals surface area contributed by atoms with Gasteiger partial charge in [-0.2, -0.15) is 0 Å². The Balaban J connectivity index is 4.30. The predicted octanol–water partition coefficient (Wildman–Crippen LogP) is 0.139. The first-order valence-corrected chi connectivity index (χ1v) is 6.12. The Labute approximate surface area is 117 Å². The van der Waals surface area contributed by atoms with Crippen LogP contribution in [-0.2, 0) is 19.1 Å². The van der Waals surface area contributed by atoms with Crippen molar-refractivity contribution in [1.29, 1.82) is 0 Å². The molecule has 0 aromatic carbocycles. The van der Waals surface area contributed by atoms with Crippen LogP contribution in [0.5, 0.6) is 0 Å². The highest BCUT2D eigenvalue weighted by Gasteiger charge is 2.20. The van der Waals surface area contributed by atoms with Crippen LogP contribution in [0.1, 0.15) is 33.6 Å². The molecule has 0 saturated heterocycles. The minimum Gasteiger partial charge on any atom is -0.548 e. The highest BCUT2D eigenvalue weighted by molar-refractivity contribution is 5.79. The van der Waals surface area contributed by atoms with Gasteiger partial charge in [0, 0.05) is 6.42 Å². The van der Waals surface area contributed by atoms with Gasteiger partial charge in [-0.15, -0.1) is 0 Å². The molecule has 0 aliphatic heterocycles. The number of hydrogen-bond acceptors (Lipinski definition) is 6. The van der Waals surface area contributed by atoms with E-state index in [0.717, 1.165) is 0 Å². The maximum Gasteiger partial charge on any atom is 0.408 e. The quantitative estimate of drug-likeness (QED) is 0.527. The molecule has 0 heterocycles. The van der Waals surface area contributed by atoms with Crippen molar-refractivity contribution in [3.05, 3.63) is 12.7 Å². The molecule has 0 saturated carbocycles. The van der Waals surface area contributed by atoms with Gasteiger partial charge in [-0.25, -0.2) is 4.79 Å². The third-order valence-electron chi connectivity index (χ3n) is 1.97. The van der Waals surface area contributed by atoms with Gasteiger partial charge >= 0.3 is 12.1 Å². The number of ether oxygens (including phenoxy) is 2. The van der Waals surface area contributed by atoms with Crippen molar-refractivity contribution < 1.29 is 29.0 Å². The number of hydrogen-bond donors (Lipinski definition) is 1. The van der Waals surface area contributed by atoms with Crippen LogP contribution in [0.3, 0.4) is 0 Å². The third kappa shape index (κ3) is 8.96. The molecular formula is C13H20NO6-. The highest BCUT2D eigenvalue weighted by Crippen LogP contribution is 2.07. The summed E-state index contributed by atoms with van der Waals surface area (Å²) in [4.78, 5) is 33.5. The highest BCUT2D eigenvalue weighted by atomic mass is 16.6. The van der Waals surface area contributed by atoms with E-state index in [1.807, 2.05) is 0 Å². The van der Waals surface area contributed by atoms with Gasteiger partial charge in [0.2, 0.25) is 0 Å². The predicted molar refractivity (Wildman–Crippen MR) is 68.6 cm³/mol. The number of esters is 1. The molecule has 0 rings (SSSR count). The lowest BCUT2D eigenvalue weighted by Gasteiger charge is -2.24. The molecule has 0 aliphatic rings. The number of carbonyl (C=O) groups excluding carboxylic acids is 3. The average Bonchev–Trinajstić information content (AvgIpc) is 2.29. The Hall–Kier alpha value is -2.05. The molecule has 1 atom stereocenters. The number of aliphatic carboxylic acids is 1. The van der Waals surface area contributed by atoms with Gasteiger partial charge in [0.05, 0.1) is 12.0 Å². The topological polar surface area (TPSA) is 105 Å². The van der Waals surface area contributed by atoms with Crippen LogP contribution in [0.2, 0.25) is 0 Å². The Bertz CT molecular complexity index is 372. The van der Waals surface area contributed by atoms with E-state index in [-0.39, 0.29) is 19.4 Å². The summed E-state index contributed by atoms with van der Waals surface area (Å²) in [5.74, 6) is -2.07. The first kappa shape index (κ1) is 17.9. The summed E-state index contributed by atoms with van der Waals surface area (Å²) < 4.78 is 9.61. The smallest absolute Gasteiger partial charge is 0.408 e. The van der Waals surface area contributed by atoms with Gasteiger partial charge in [0.25, 0.3) is 0 Å². The lowest BCUT2D eigenvalue weighted by atomic mass is 10.1. The minimum atomic E-state index is -1.49. The monoisotopic (exact) mass is 286 g/mol. The second-order valence-corrected chi connectivity index (χ2v) is 5.03. The molecule has 0 aliphatic carbocycles. The fraction of sp³-hybridized carbons (Fsp3) is 0.615.